The average molecular weight is 400 g/mol. The molecule has 0 aromatic heterocycles. The topological polar surface area (TPSA) is 27.7 Å². The SMILES string of the molecule is CC.CC.CC.c1ccc(OP(Oc2ccccc2)Oc2ccccc2)cc1. The van der Waals surface area contributed by atoms with Gasteiger partial charge in [0.05, 0.1) is 0 Å². The van der Waals surface area contributed by atoms with Crippen molar-refractivity contribution in [2.24, 2.45) is 0 Å². The molecule has 152 valence electrons. The molecule has 0 amide bonds. The molecular weight excluding hydrogens is 367 g/mol. The second-order valence-corrected chi connectivity index (χ2v) is 5.43. The molecule has 0 unspecified atom stereocenters. The van der Waals surface area contributed by atoms with Gasteiger partial charge in [0.25, 0.3) is 0 Å². The Bertz CT molecular complexity index is 577. The van der Waals surface area contributed by atoms with E-state index < -0.39 is 8.60 Å². The fraction of sp³-hybridized carbons (Fsp3) is 0.250. The van der Waals surface area contributed by atoms with Gasteiger partial charge in [-0.2, -0.15) is 0 Å². The fourth-order valence-electron chi connectivity index (χ4n) is 1.76. The molecule has 0 saturated carbocycles. The number of rotatable bonds is 6. The third-order valence-corrected chi connectivity index (χ3v) is 3.85. The van der Waals surface area contributed by atoms with Crippen molar-refractivity contribution in [1.29, 1.82) is 0 Å². The zero-order valence-corrected chi connectivity index (χ0v) is 18.7. The van der Waals surface area contributed by atoms with Crippen molar-refractivity contribution in [3.63, 3.8) is 0 Å². The highest BCUT2D eigenvalue weighted by Crippen LogP contribution is 2.41. The van der Waals surface area contributed by atoms with Gasteiger partial charge in [0, 0.05) is 0 Å². The zero-order chi connectivity index (χ0) is 21.0. The Hall–Kier alpha value is -2.51. The van der Waals surface area contributed by atoms with Crippen molar-refractivity contribution in [2.75, 3.05) is 0 Å². The molecule has 3 aromatic rings. The number of hydrogen-bond donors (Lipinski definition) is 0. The van der Waals surface area contributed by atoms with Gasteiger partial charge in [-0.3, -0.25) is 0 Å². The first-order valence-corrected chi connectivity index (χ1v) is 11.0. The van der Waals surface area contributed by atoms with Gasteiger partial charge in [-0.15, -0.1) is 0 Å². The highest BCUT2D eigenvalue weighted by molar-refractivity contribution is 7.43. The van der Waals surface area contributed by atoms with Crippen molar-refractivity contribution in [3.8, 4) is 17.2 Å². The van der Waals surface area contributed by atoms with Crippen LogP contribution in [-0.4, -0.2) is 0 Å². The van der Waals surface area contributed by atoms with Crippen LogP contribution in [0.4, 0.5) is 0 Å². The van der Waals surface area contributed by atoms with Gasteiger partial charge in [0.15, 0.2) is 0 Å². The lowest BCUT2D eigenvalue weighted by Gasteiger charge is -2.17. The van der Waals surface area contributed by atoms with Crippen LogP contribution in [0.15, 0.2) is 91.0 Å². The smallest absolute Gasteiger partial charge is 0.409 e. The Labute approximate surface area is 172 Å². The van der Waals surface area contributed by atoms with E-state index in [0.29, 0.717) is 17.2 Å². The molecule has 0 fully saturated rings. The molecule has 0 bridgehead atoms. The van der Waals surface area contributed by atoms with Crippen molar-refractivity contribution in [1.82, 2.24) is 0 Å². The summed E-state index contributed by atoms with van der Waals surface area (Å²) in [4.78, 5) is 0. The Morgan fingerprint density at radius 2 is 0.607 bits per heavy atom. The van der Waals surface area contributed by atoms with Gasteiger partial charge in [-0.1, -0.05) is 96.1 Å². The van der Waals surface area contributed by atoms with E-state index in [1.807, 2.05) is 133 Å². The van der Waals surface area contributed by atoms with Gasteiger partial charge in [-0.05, 0) is 36.4 Å². The number of para-hydroxylation sites is 3. The molecule has 0 heterocycles. The predicted octanol–water partition coefficient (Wildman–Crippen LogP) is 8.53. The summed E-state index contributed by atoms with van der Waals surface area (Å²) < 4.78 is 17.5. The van der Waals surface area contributed by atoms with Crippen LogP contribution in [-0.2, 0) is 0 Å². The maximum absolute atomic E-state index is 5.84. The molecule has 28 heavy (non-hydrogen) atoms. The highest BCUT2D eigenvalue weighted by atomic mass is 31.2. The van der Waals surface area contributed by atoms with Crippen LogP contribution < -0.4 is 13.6 Å². The molecule has 3 nitrogen and oxygen atoms in total. The Morgan fingerprint density at radius 3 is 0.821 bits per heavy atom. The molecule has 0 atom stereocenters. The lowest BCUT2D eigenvalue weighted by molar-refractivity contribution is 0.388. The first kappa shape index (κ1) is 25.5. The van der Waals surface area contributed by atoms with Crippen LogP contribution in [0, 0.1) is 0 Å². The largest absolute Gasteiger partial charge is 0.530 e. The van der Waals surface area contributed by atoms with Crippen LogP contribution in [0.25, 0.3) is 0 Å². The quantitative estimate of drug-likeness (QED) is 0.388. The summed E-state index contributed by atoms with van der Waals surface area (Å²) in [7, 11) is -1.59. The molecule has 0 saturated heterocycles. The number of benzene rings is 3. The van der Waals surface area contributed by atoms with E-state index in [1.54, 1.807) is 0 Å². The summed E-state index contributed by atoms with van der Waals surface area (Å²) in [6.45, 7) is 12.0. The molecule has 0 aliphatic rings. The molecule has 3 aromatic carbocycles. The molecule has 3 rings (SSSR count). The minimum Gasteiger partial charge on any atom is -0.409 e. The summed E-state index contributed by atoms with van der Waals surface area (Å²) in [6, 6.07) is 28.5. The van der Waals surface area contributed by atoms with E-state index in [4.69, 9.17) is 13.6 Å². The van der Waals surface area contributed by atoms with Gasteiger partial charge in [0.2, 0.25) is 0 Å². The first-order valence-electron chi connectivity index (χ1n) is 9.89. The Morgan fingerprint density at radius 1 is 0.393 bits per heavy atom. The maximum Gasteiger partial charge on any atom is 0.530 e. The van der Waals surface area contributed by atoms with Crippen LogP contribution in [0.5, 0.6) is 17.2 Å². The molecule has 0 aliphatic heterocycles. The monoisotopic (exact) mass is 400 g/mol. The van der Waals surface area contributed by atoms with Crippen molar-refractivity contribution >= 4 is 8.60 Å². The summed E-state index contributed by atoms with van der Waals surface area (Å²) in [5.41, 5.74) is 0. The third kappa shape index (κ3) is 10.6. The summed E-state index contributed by atoms with van der Waals surface area (Å²) in [5.74, 6) is 2.13. The Kier molecular flexibility index (Phi) is 16.3. The lowest BCUT2D eigenvalue weighted by Crippen LogP contribution is -2.02. The van der Waals surface area contributed by atoms with E-state index in [-0.39, 0.29) is 0 Å². The van der Waals surface area contributed by atoms with Crippen LogP contribution in [0.3, 0.4) is 0 Å². The van der Waals surface area contributed by atoms with Gasteiger partial charge in [0.1, 0.15) is 17.2 Å². The maximum atomic E-state index is 5.84. The summed E-state index contributed by atoms with van der Waals surface area (Å²) in [6.07, 6.45) is 0. The molecule has 0 N–H and O–H groups in total. The zero-order valence-electron chi connectivity index (χ0n) is 17.8. The summed E-state index contributed by atoms with van der Waals surface area (Å²) in [5, 5.41) is 0. The average Bonchev–Trinajstić information content (AvgIpc) is 2.80. The molecule has 0 aliphatic carbocycles. The normalized spacial score (nSPS) is 8.68. The number of hydrogen-bond acceptors (Lipinski definition) is 3. The minimum atomic E-state index is -1.59. The van der Waals surface area contributed by atoms with E-state index >= 15 is 0 Å². The second kappa shape index (κ2) is 17.9. The van der Waals surface area contributed by atoms with E-state index in [9.17, 15) is 0 Å². The molecule has 0 radical (unpaired) electrons. The van der Waals surface area contributed by atoms with Crippen molar-refractivity contribution in [2.45, 2.75) is 41.5 Å². The van der Waals surface area contributed by atoms with Crippen LogP contribution in [0.2, 0.25) is 0 Å². The predicted molar refractivity (Wildman–Crippen MR) is 122 cm³/mol. The molecular formula is C24H33O3P. The highest BCUT2D eigenvalue weighted by Gasteiger charge is 2.19. The standard InChI is InChI=1S/C18H15O3P.3C2H6/c1-4-10-16(11-5-1)19-22(20-17-12-6-2-7-13-17)21-18-14-8-3-9-15-18;3*1-2/h1-15H;3*1-2H3. The Balaban J connectivity index is 0.00000111. The van der Waals surface area contributed by atoms with Gasteiger partial charge in [-0.25, -0.2) is 0 Å². The van der Waals surface area contributed by atoms with Crippen LogP contribution in [0.1, 0.15) is 41.5 Å². The van der Waals surface area contributed by atoms with Gasteiger partial charge < -0.3 is 13.6 Å². The van der Waals surface area contributed by atoms with Crippen molar-refractivity contribution in [3.05, 3.63) is 91.0 Å². The van der Waals surface area contributed by atoms with E-state index in [1.165, 1.54) is 0 Å². The minimum absolute atomic E-state index is 0.709. The molecule has 0 spiro atoms. The lowest BCUT2D eigenvalue weighted by atomic mass is 10.3. The third-order valence-electron chi connectivity index (χ3n) is 2.77. The van der Waals surface area contributed by atoms with E-state index in [0.717, 1.165) is 0 Å². The van der Waals surface area contributed by atoms with Crippen molar-refractivity contribution < 1.29 is 13.6 Å². The van der Waals surface area contributed by atoms with E-state index in [2.05, 4.69) is 0 Å². The first-order chi connectivity index (χ1) is 13.9. The fourth-order valence-corrected chi connectivity index (χ4v) is 2.75. The molecule has 4 heteroatoms. The summed E-state index contributed by atoms with van der Waals surface area (Å²) >= 11 is 0. The van der Waals surface area contributed by atoms with Crippen LogP contribution >= 0.6 is 8.60 Å². The second-order valence-electron chi connectivity index (χ2n) is 4.44. The van der Waals surface area contributed by atoms with Gasteiger partial charge >= 0.3 is 8.60 Å².